The fraction of sp³-hybridized carbons (Fsp3) is 0.355. The van der Waals surface area contributed by atoms with Gasteiger partial charge in [-0.05, 0) is 79.2 Å². The molecule has 38 heavy (non-hydrogen) atoms. The Morgan fingerprint density at radius 1 is 1.13 bits per heavy atom. The summed E-state index contributed by atoms with van der Waals surface area (Å²) in [7, 11) is 3.56. The quantitative estimate of drug-likeness (QED) is 0.524. The third-order valence-electron chi connectivity index (χ3n) is 8.12. The molecule has 1 saturated heterocycles. The monoisotopic (exact) mass is 506 g/mol. The fourth-order valence-corrected chi connectivity index (χ4v) is 5.76. The molecule has 2 N–H and O–H groups in total. The van der Waals surface area contributed by atoms with Gasteiger partial charge in [0, 0.05) is 55.6 Å². The van der Waals surface area contributed by atoms with Crippen molar-refractivity contribution in [3.63, 3.8) is 0 Å². The van der Waals surface area contributed by atoms with E-state index in [9.17, 15) is 10.1 Å². The zero-order valence-corrected chi connectivity index (χ0v) is 22.5. The summed E-state index contributed by atoms with van der Waals surface area (Å²) in [4.78, 5) is 25.4. The number of benzene rings is 1. The fourth-order valence-electron chi connectivity index (χ4n) is 5.76. The van der Waals surface area contributed by atoms with E-state index in [0.717, 1.165) is 66.0 Å². The molecule has 1 aliphatic heterocycles. The number of fused-ring (bicyclic) bond motifs is 1. The van der Waals surface area contributed by atoms with Crippen LogP contribution >= 0.6 is 0 Å². The number of amides is 1. The molecule has 0 saturated carbocycles. The molecule has 7 heteroatoms. The molecule has 3 aromatic rings. The van der Waals surface area contributed by atoms with Crippen LogP contribution in [0.1, 0.15) is 69.9 Å². The summed E-state index contributed by atoms with van der Waals surface area (Å²) in [5.41, 5.74) is 14.8. The highest BCUT2D eigenvalue weighted by Gasteiger charge is 2.29. The van der Waals surface area contributed by atoms with Crippen LogP contribution in [-0.4, -0.2) is 59.4 Å². The number of hydrogen-bond acceptors (Lipinski definition) is 6. The lowest BCUT2D eigenvalue weighted by Gasteiger charge is -2.33. The molecule has 3 heterocycles. The normalized spacial score (nSPS) is 17.6. The summed E-state index contributed by atoms with van der Waals surface area (Å²) in [6.07, 6.45) is 8.12. The van der Waals surface area contributed by atoms with Gasteiger partial charge in [0.2, 0.25) is 0 Å². The SMILES string of the molecule is Cc1c(-c2ccnc3c2C=C(CN2CCC(c4ccc(C(=O)N(C)C)cc4)CC2)C3C)cnc(N)c1C#N. The van der Waals surface area contributed by atoms with Crippen molar-refractivity contribution in [2.45, 2.75) is 38.5 Å². The Bertz CT molecular complexity index is 1440. The lowest BCUT2D eigenvalue weighted by Crippen LogP contribution is -2.34. The number of nitrogens with zero attached hydrogens (tertiary/aromatic N) is 5. The van der Waals surface area contributed by atoms with E-state index in [4.69, 9.17) is 10.7 Å². The first-order valence-electron chi connectivity index (χ1n) is 13.2. The van der Waals surface area contributed by atoms with Crippen molar-refractivity contribution in [3.05, 3.63) is 81.8 Å². The van der Waals surface area contributed by atoms with Crippen LogP contribution in [0.5, 0.6) is 0 Å². The zero-order valence-electron chi connectivity index (χ0n) is 22.5. The molecular formula is C31H34N6O. The second-order valence-corrected chi connectivity index (χ2v) is 10.6. The molecule has 1 atom stereocenters. The van der Waals surface area contributed by atoms with Gasteiger partial charge in [-0.1, -0.05) is 25.1 Å². The smallest absolute Gasteiger partial charge is 0.253 e. The van der Waals surface area contributed by atoms with Gasteiger partial charge in [-0.2, -0.15) is 5.26 Å². The summed E-state index contributed by atoms with van der Waals surface area (Å²) in [6, 6.07) is 12.4. The molecule has 1 unspecified atom stereocenters. The molecule has 5 rings (SSSR count). The Kier molecular flexibility index (Phi) is 7.00. The summed E-state index contributed by atoms with van der Waals surface area (Å²) >= 11 is 0. The Morgan fingerprint density at radius 3 is 2.50 bits per heavy atom. The van der Waals surface area contributed by atoms with Gasteiger partial charge in [0.05, 0.1) is 11.3 Å². The third kappa shape index (κ3) is 4.68. The molecule has 194 valence electrons. The number of aromatic nitrogens is 2. The van der Waals surface area contributed by atoms with Crippen molar-refractivity contribution in [1.29, 1.82) is 5.26 Å². The number of carbonyl (C=O) groups is 1. The van der Waals surface area contributed by atoms with Gasteiger partial charge in [-0.15, -0.1) is 0 Å². The Balaban J connectivity index is 1.29. The van der Waals surface area contributed by atoms with Crippen LogP contribution in [-0.2, 0) is 0 Å². The van der Waals surface area contributed by atoms with E-state index in [0.29, 0.717) is 11.5 Å². The Hall–Kier alpha value is -4.02. The summed E-state index contributed by atoms with van der Waals surface area (Å²) in [6.45, 7) is 7.15. The van der Waals surface area contributed by atoms with Gasteiger partial charge in [0.15, 0.2) is 0 Å². The highest BCUT2D eigenvalue weighted by molar-refractivity contribution is 5.93. The third-order valence-corrected chi connectivity index (χ3v) is 8.12. The zero-order chi connectivity index (χ0) is 27.0. The van der Waals surface area contributed by atoms with Crippen LogP contribution in [0.4, 0.5) is 5.82 Å². The van der Waals surface area contributed by atoms with Crippen LogP contribution in [0.25, 0.3) is 17.2 Å². The minimum absolute atomic E-state index is 0.0392. The van der Waals surface area contributed by atoms with Crippen molar-refractivity contribution in [2.24, 2.45) is 0 Å². The minimum Gasteiger partial charge on any atom is -0.383 e. The molecule has 1 fully saturated rings. The summed E-state index contributed by atoms with van der Waals surface area (Å²) < 4.78 is 0. The predicted molar refractivity (Wildman–Crippen MR) is 151 cm³/mol. The number of carbonyl (C=O) groups excluding carboxylic acids is 1. The van der Waals surface area contributed by atoms with E-state index in [-0.39, 0.29) is 17.6 Å². The highest BCUT2D eigenvalue weighted by atomic mass is 16.2. The molecule has 1 aliphatic carbocycles. The number of nitrogen functional groups attached to an aromatic ring is 1. The second-order valence-electron chi connectivity index (χ2n) is 10.6. The van der Waals surface area contributed by atoms with Gasteiger partial charge in [0.25, 0.3) is 5.91 Å². The Labute approximate surface area is 224 Å². The maximum absolute atomic E-state index is 12.2. The molecule has 2 aliphatic rings. The average molecular weight is 507 g/mol. The van der Waals surface area contributed by atoms with E-state index in [1.54, 1.807) is 25.2 Å². The van der Waals surface area contributed by atoms with Crippen molar-refractivity contribution < 1.29 is 4.79 Å². The van der Waals surface area contributed by atoms with E-state index < -0.39 is 0 Å². The lowest BCUT2D eigenvalue weighted by atomic mass is 9.88. The number of nitrogens with two attached hydrogens (primary N) is 1. The minimum atomic E-state index is 0.0392. The molecule has 1 amide bonds. The van der Waals surface area contributed by atoms with Crippen LogP contribution in [0.2, 0.25) is 0 Å². The number of piperidine rings is 1. The lowest BCUT2D eigenvalue weighted by molar-refractivity contribution is 0.0827. The number of pyridine rings is 2. The number of anilines is 1. The first-order chi connectivity index (χ1) is 18.3. The first-order valence-corrected chi connectivity index (χ1v) is 13.2. The number of hydrogen-bond donors (Lipinski definition) is 1. The van der Waals surface area contributed by atoms with Crippen molar-refractivity contribution in [1.82, 2.24) is 19.8 Å². The highest BCUT2D eigenvalue weighted by Crippen LogP contribution is 2.41. The first kappa shape index (κ1) is 25.6. The van der Waals surface area contributed by atoms with Crippen LogP contribution in [0, 0.1) is 18.3 Å². The number of rotatable bonds is 5. The maximum atomic E-state index is 12.2. The topological polar surface area (TPSA) is 99.1 Å². The van der Waals surface area contributed by atoms with Crippen molar-refractivity contribution >= 4 is 17.8 Å². The van der Waals surface area contributed by atoms with Gasteiger partial charge in [-0.3, -0.25) is 14.7 Å². The number of nitriles is 1. The molecule has 0 spiro atoms. The maximum Gasteiger partial charge on any atom is 0.253 e. The van der Waals surface area contributed by atoms with Crippen molar-refractivity contribution in [2.75, 3.05) is 39.5 Å². The average Bonchev–Trinajstić information content (AvgIpc) is 3.24. The van der Waals surface area contributed by atoms with Crippen LogP contribution < -0.4 is 5.73 Å². The largest absolute Gasteiger partial charge is 0.383 e. The van der Waals surface area contributed by atoms with Gasteiger partial charge in [0.1, 0.15) is 11.9 Å². The molecular weight excluding hydrogens is 472 g/mol. The predicted octanol–water partition coefficient (Wildman–Crippen LogP) is 4.99. The molecule has 2 aromatic heterocycles. The van der Waals surface area contributed by atoms with Gasteiger partial charge in [-0.25, -0.2) is 4.98 Å². The summed E-state index contributed by atoms with van der Waals surface area (Å²) in [5, 5.41) is 9.56. The molecule has 1 aromatic carbocycles. The molecule has 0 bridgehead atoms. The summed E-state index contributed by atoms with van der Waals surface area (Å²) in [5.74, 6) is 1.07. The van der Waals surface area contributed by atoms with Gasteiger partial charge >= 0.3 is 0 Å². The van der Waals surface area contributed by atoms with E-state index in [1.807, 2.05) is 31.3 Å². The van der Waals surface area contributed by atoms with Crippen LogP contribution in [0.3, 0.4) is 0 Å². The van der Waals surface area contributed by atoms with Crippen molar-refractivity contribution in [3.8, 4) is 17.2 Å². The standard InChI is InChI=1S/C31H34N6O/c1-19-24(15-26-25(9-12-34-29(19)26)28-17-35-30(33)27(16-32)20(28)2)18-37-13-10-22(11-14-37)21-5-7-23(8-6-21)31(38)36(3)4/h5-9,12,15,17,19,22H,10-11,13-14,18H2,1-4H3,(H2,33,35). The van der Waals surface area contributed by atoms with E-state index in [2.05, 4.69) is 41.1 Å². The van der Waals surface area contributed by atoms with E-state index >= 15 is 0 Å². The van der Waals surface area contributed by atoms with Crippen LogP contribution in [0.15, 0.2) is 48.3 Å². The van der Waals surface area contributed by atoms with E-state index in [1.165, 1.54) is 11.1 Å². The Morgan fingerprint density at radius 2 is 1.84 bits per heavy atom. The second kappa shape index (κ2) is 10.4. The number of likely N-dealkylation sites (tertiary alicyclic amines) is 1. The molecule has 0 radical (unpaired) electrons. The molecule has 7 nitrogen and oxygen atoms in total. The van der Waals surface area contributed by atoms with Gasteiger partial charge < -0.3 is 10.6 Å².